The summed E-state index contributed by atoms with van der Waals surface area (Å²) in [4.78, 5) is 35.9. The molecule has 0 aromatic heterocycles. The molecule has 0 aliphatic rings. The van der Waals surface area contributed by atoms with Crippen LogP contribution in [0.2, 0.25) is 0 Å². The molecule has 0 radical (unpaired) electrons. The Balaban J connectivity index is 1.88. The molecule has 2 rings (SSSR count). The minimum atomic E-state index is -0.744. The number of benzene rings is 2. The lowest BCUT2D eigenvalue weighted by atomic mass is 10.0. The Morgan fingerprint density at radius 1 is 1.04 bits per heavy atom. The number of ether oxygens (including phenoxy) is 1. The number of amides is 2. The largest absolute Gasteiger partial charge is 0.464 e. The number of anilines is 1. The van der Waals surface area contributed by atoms with Gasteiger partial charge in [-0.2, -0.15) is 0 Å². The fraction of sp³-hybridized carbons (Fsp3) is 0.286. The zero-order chi connectivity index (χ0) is 20.5. The standard InChI is InChI=1S/C21H25N3O4/c1-3-28-21(27)14(2)23-20(26)16-9-11-17(12-10-16)24-19(25)13-18(22)15-7-5-4-6-8-15/h4-12,14,18H,3,13,22H2,1-2H3,(H,23,26)(H,24,25). The first-order valence-corrected chi connectivity index (χ1v) is 9.08. The lowest BCUT2D eigenvalue weighted by Crippen LogP contribution is -2.39. The van der Waals surface area contributed by atoms with E-state index in [4.69, 9.17) is 10.5 Å². The third kappa shape index (κ3) is 6.21. The van der Waals surface area contributed by atoms with Crippen molar-refractivity contribution < 1.29 is 19.1 Å². The van der Waals surface area contributed by atoms with Crippen molar-refractivity contribution in [2.24, 2.45) is 5.73 Å². The molecule has 0 saturated heterocycles. The zero-order valence-electron chi connectivity index (χ0n) is 16.0. The fourth-order valence-electron chi connectivity index (χ4n) is 2.54. The Bertz CT molecular complexity index is 806. The van der Waals surface area contributed by atoms with Crippen LogP contribution in [0.3, 0.4) is 0 Å². The van der Waals surface area contributed by atoms with Crippen LogP contribution in [0.25, 0.3) is 0 Å². The molecule has 2 aromatic carbocycles. The Labute approximate surface area is 164 Å². The highest BCUT2D eigenvalue weighted by atomic mass is 16.5. The lowest BCUT2D eigenvalue weighted by molar-refractivity contribution is -0.144. The van der Waals surface area contributed by atoms with Crippen LogP contribution < -0.4 is 16.4 Å². The van der Waals surface area contributed by atoms with E-state index in [1.165, 1.54) is 0 Å². The summed E-state index contributed by atoms with van der Waals surface area (Å²) < 4.78 is 4.86. The van der Waals surface area contributed by atoms with Gasteiger partial charge in [-0.1, -0.05) is 30.3 Å². The van der Waals surface area contributed by atoms with Gasteiger partial charge < -0.3 is 21.1 Å². The molecule has 0 bridgehead atoms. The summed E-state index contributed by atoms with van der Waals surface area (Å²) in [6, 6.07) is 14.6. The maximum atomic E-state index is 12.2. The van der Waals surface area contributed by atoms with Gasteiger partial charge in [0.1, 0.15) is 6.04 Å². The van der Waals surface area contributed by atoms with Gasteiger partial charge in [-0.05, 0) is 43.7 Å². The Hall–Kier alpha value is -3.19. The molecule has 2 amide bonds. The molecule has 7 nitrogen and oxygen atoms in total. The maximum Gasteiger partial charge on any atom is 0.328 e. The van der Waals surface area contributed by atoms with Crippen LogP contribution in [-0.2, 0) is 14.3 Å². The van der Waals surface area contributed by atoms with Crippen molar-refractivity contribution in [2.45, 2.75) is 32.4 Å². The molecule has 0 spiro atoms. The monoisotopic (exact) mass is 383 g/mol. The Kier molecular flexibility index (Phi) is 7.71. The fourth-order valence-corrected chi connectivity index (χ4v) is 2.54. The molecule has 4 N–H and O–H groups in total. The van der Waals surface area contributed by atoms with Gasteiger partial charge in [-0.15, -0.1) is 0 Å². The summed E-state index contributed by atoms with van der Waals surface area (Å²) >= 11 is 0. The SMILES string of the molecule is CCOC(=O)C(C)NC(=O)c1ccc(NC(=O)CC(N)c2ccccc2)cc1. The highest BCUT2D eigenvalue weighted by Crippen LogP contribution is 2.15. The third-order valence-electron chi connectivity index (χ3n) is 4.05. The molecular weight excluding hydrogens is 358 g/mol. The first-order valence-electron chi connectivity index (χ1n) is 9.08. The molecule has 0 aliphatic heterocycles. The second-order valence-electron chi connectivity index (χ2n) is 6.29. The van der Waals surface area contributed by atoms with Crippen LogP contribution in [-0.4, -0.2) is 30.4 Å². The molecule has 148 valence electrons. The summed E-state index contributed by atoms with van der Waals surface area (Å²) in [6.07, 6.45) is 0.142. The average molecular weight is 383 g/mol. The van der Waals surface area contributed by atoms with Crippen molar-refractivity contribution in [1.82, 2.24) is 5.32 Å². The summed E-state index contributed by atoms with van der Waals surface area (Å²) in [5.41, 5.74) is 7.87. The molecule has 0 saturated carbocycles. The van der Waals surface area contributed by atoms with Crippen molar-refractivity contribution in [2.75, 3.05) is 11.9 Å². The van der Waals surface area contributed by atoms with Gasteiger partial charge in [-0.3, -0.25) is 9.59 Å². The van der Waals surface area contributed by atoms with Crippen LogP contribution in [0.4, 0.5) is 5.69 Å². The van der Waals surface area contributed by atoms with Crippen LogP contribution in [0.15, 0.2) is 54.6 Å². The molecule has 2 unspecified atom stereocenters. The summed E-state index contributed by atoms with van der Waals surface area (Å²) in [6.45, 7) is 3.51. The summed E-state index contributed by atoms with van der Waals surface area (Å²) in [5, 5.41) is 5.33. The predicted octanol–water partition coefficient (Wildman–Crippen LogP) is 2.40. The van der Waals surface area contributed by atoms with Gasteiger partial charge in [-0.25, -0.2) is 4.79 Å². The van der Waals surface area contributed by atoms with Gasteiger partial charge in [0.15, 0.2) is 0 Å². The van der Waals surface area contributed by atoms with E-state index in [-0.39, 0.29) is 18.9 Å². The minimum absolute atomic E-state index is 0.142. The maximum absolute atomic E-state index is 12.2. The summed E-state index contributed by atoms with van der Waals surface area (Å²) in [5.74, 6) is -1.11. The number of hydrogen-bond acceptors (Lipinski definition) is 5. The summed E-state index contributed by atoms with van der Waals surface area (Å²) in [7, 11) is 0. The van der Waals surface area contributed by atoms with E-state index in [1.807, 2.05) is 30.3 Å². The molecule has 28 heavy (non-hydrogen) atoms. The van der Waals surface area contributed by atoms with Crippen LogP contribution in [0.5, 0.6) is 0 Å². The Morgan fingerprint density at radius 2 is 1.68 bits per heavy atom. The van der Waals surface area contributed by atoms with Gasteiger partial charge >= 0.3 is 5.97 Å². The molecule has 0 aliphatic carbocycles. The second kappa shape index (κ2) is 10.2. The molecule has 2 aromatic rings. The molecule has 7 heteroatoms. The smallest absolute Gasteiger partial charge is 0.328 e. The van der Waals surface area contributed by atoms with Gasteiger partial charge in [0.25, 0.3) is 5.91 Å². The zero-order valence-corrected chi connectivity index (χ0v) is 16.0. The number of esters is 1. The van der Waals surface area contributed by atoms with Crippen molar-refractivity contribution in [3.8, 4) is 0 Å². The lowest BCUT2D eigenvalue weighted by Gasteiger charge is -2.13. The number of nitrogens with one attached hydrogen (secondary N) is 2. The topological polar surface area (TPSA) is 111 Å². The second-order valence-corrected chi connectivity index (χ2v) is 6.29. The molecule has 0 heterocycles. The van der Waals surface area contributed by atoms with Crippen LogP contribution in [0.1, 0.15) is 42.2 Å². The number of hydrogen-bond donors (Lipinski definition) is 3. The van der Waals surface area contributed by atoms with Crippen LogP contribution >= 0.6 is 0 Å². The highest BCUT2D eigenvalue weighted by molar-refractivity contribution is 5.97. The first-order chi connectivity index (χ1) is 13.4. The highest BCUT2D eigenvalue weighted by Gasteiger charge is 2.17. The predicted molar refractivity (Wildman–Crippen MR) is 107 cm³/mol. The molecule has 2 atom stereocenters. The number of rotatable bonds is 8. The Morgan fingerprint density at radius 3 is 2.29 bits per heavy atom. The molecular formula is C21H25N3O4. The van der Waals surface area contributed by atoms with Gasteiger partial charge in [0.2, 0.25) is 5.91 Å². The molecule has 0 fully saturated rings. The minimum Gasteiger partial charge on any atom is -0.464 e. The van der Waals surface area contributed by atoms with Gasteiger partial charge in [0, 0.05) is 23.7 Å². The van der Waals surface area contributed by atoms with Crippen molar-refractivity contribution >= 4 is 23.5 Å². The number of carbonyl (C=O) groups is 3. The van der Waals surface area contributed by atoms with E-state index < -0.39 is 24.0 Å². The van der Waals surface area contributed by atoms with Crippen molar-refractivity contribution in [3.63, 3.8) is 0 Å². The quantitative estimate of drug-likeness (QED) is 0.606. The first kappa shape index (κ1) is 21.1. The van der Waals surface area contributed by atoms with Crippen LogP contribution in [0, 0.1) is 0 Å². The average Bonchev–Trinajstić information content (AvgIpc) is 2.69. The normalized spacial score (nSPS) is 12.5. The van der Waals surface area contributed by atoms with Gasteiger partial charge in [0.05, 0.1) is 6.61 Å². The van der Waals surface area contributed by atoms with E-state index in [1.54, 1.807) is 38.1 Å². The van der Waals surface area contributed by atoms with E-state index in [9.17, 15) is 14.4 Å². The van der Waals surface area contributed by atoms with Crippen molar-refractivity contribution in [1.29, 1.82) is 0 Å². The van der Waals surface area contributed by atoms with E-state index >= 15 is 0 Å². The van der Waals surface area contributed by atoms with Crippen molar-refractivity contribution in [3.05, 3.63) is 65.7 Å². The number of carbonyl (C=O) groups excluding carboxylic acids is 3. The van der Waals surface area contributed by atoms with E-state index in [0.29, 0.717) is 11.3 Å². The van der Waals surface area contributed by atoms with E-state index in [2.05, 4.69) is 10.6 Å². The number of nitrogens with two attached hydrogens (primary N) is 1. The van der Waals surface area contributed by atoms with E-state index in [0.717, 1.165) is 5.56 Å². The third-order valence-corrected chi connectivity index (χ3v) is 4.05.